The van der Waals surface area contributed by atoms with Gasteiger partial charge >= 0.3 is 0 Å². The number of hydrogen-bond acceptors (Lipinski definition) is 3. The second kappa shape index (κ2) is 7.60. The van der Waals surface area contributed by atoms with Crippen molar-refractivity contribution in [2.75, 3.05) is 6.61 Å². The Kier molecular flexibility index (Phi) is 5.05. The first-order valence-electron chi connectivity index (χ1n) is 9.52. The molecule has 0 radical (unpaired) electrons. The maximum absolute atomic E-state index is 10.6. The predicted molar refractivity (Wildman–Crippen MR) is 103 cm³/mol. The number of aromatic nitrogens is 2. The van der Waals surface area contributed by atoms with Crippen molar-refractivity contribution in [3.05, 3.63) is 66.0 Å². The van der Waals surface area contributed by atoms with Crippen LogP contribution in [0, 0.1) is 0 Å². The lowest BCUT2D eigenvalue weighted by atomic mass is 9.85. The highest BCUT2D eigenvalue weighted by Gasteiger charge is 2.26. The highest BCUT2D eigenvalue weighted by Crippen LogP contribution is 2.37. The minimum Gasteiger partial charge on any atom is -0.389 e. The number of nitrogens with zero attached hydrogens (tertiary/aromatic N) is 2. The Labute approximate surface area is 154 Å². The van der Waals surface area contributed by atoms with Gasteiger partial charge < -0.3 is 14.4 Å². The molecule has 1 aliphatic carbocycles. The van der Waals surface area contributed by atoms with Gasteiger partial charge in [-0.15, -0.1) is 0 Å². The Morgan fingerprint density at radius 3 is 2.58 bits per heavy atom. The quantitative estimate of drug-likeness (QED) is 0.685. The highest BCUT2D eigenvalue weighted by atomic mass is 16.5. The monoisotopic (exact) mass is 350 g/mol. The number of ether oxygens (including phenoxy) is 1. The number of rotatable bonds is 7. The van der Waals surface area contributed by atoms with E-state index in [1.165, 1.54) is 19.3 Å². The lowest BCUT2D eigenvalue weighted by Crippen LogP contribution is -2.25. The normalized spacial score (nSPS) is 17.2. The zero-order valence-electron chi connectivity index (χ0n) is 15.2. The smallest absolute Gasteiger partial charge is 0.113 e. The third-order valence-electron chi connectivity index (χ3n) is 5.36. The molecule has 1 saturated carbocycles. The number of para-hydroxylation sites is 2. The molecule has 0 amide bonds. The van der Waals surface area contributed by atoms with Gasteiger partial charge in [0.05, 0.1) is 36.4 Å². The highest BCUT2D eigenvalue weighted by molar-refractivity contribution is 5.76. The largest absolute Gasteiger partial charge is 0.389 e. The van der Waals surface area contributed by atoms with Crippen molar-refractivity contribution >= 4 is 11.0 Å². The van der Waals surface area contributed by atoms with Crippen LogP contribution in [0.15, 0.2) is 54.6 Å². The molecule has 3 aromatic rings. The zero-order valence-corrected chi connectivity index (χ0v) is 15.2. The molecule has 0 saturated heterocycles. The molecule has 4 nitrogen and oxygen atoms in total. The molecule has 136 valence electrons. The van der Waals surface area contributed by atoms with Crippen molar-refractivity contribution < 1.29 is 9.84 Å². The Bertz CT molecular complexity index is 855. The third kappa shape index (κ3) is 3.53. The van der Waals surface area contributed by atoms with Gasteiger partial charge in [0.25, 0.3) is 0 Å². The van der Waals surface area contributed by atoms with Crippen molar-refractivity contribution in [2.45, 2.75) is 50.9 Å². The molecule has 1 aromatic heterocycles. The SMILES string of the molecule is CC(OCC(O)Cn1c(C2CCC2)nc2ccccc21)c1ccccc1. The summed E-state index contributed by atoms with van der Waals surface area (Å²) in [5.74, 6) is 1.64. The van der Waals surface area contributed by atoms with Crippen molar-refractivity contribution in [1.82, 2.24) is 9.55 Å². The summed E-state index contributed by atoms with van der Waals surface area (Å²) in [5, 5.41) is 10.6. The van der Waals surface area contributed by atoms with Crippen LogP contribution in [0.2, 0.25) is 0 Å². The molecule has 1 N–H and O–H groups in total. The van der Waals surface area contributed by atoms with E-state index in [2.05, 4.69) is 22.8 Å². The molecule has 26 heavy (non-hydrogen) atoms. The summed E-state index contributed by atoms with van der Waals surface area (Å²) in [4.78, 5) is 4.84. The molecule has 0 aliphatic heterocycles. The molecule has 4 heteroatoms. The Balaban J connectivity index is 1.46. The van der Waals surface area contributed by atoms with Gasteiger partial charge in [0.1, 0.15) is 5.82 Å². The van der Waals surface area contributed by atoms with Crippen molar-refractivity contribution in [3.8, 4) is 0 Å². The number of fused-ring (bicyclic) bond motifs is 1. The van der Waals surface area contributed by atoms with Gasteiger partial charge in [0.15, 0.2) is 0 Å². The summed E-state index contributed by atoms with van der Waals surface area (Å²) in [7, 11) is 0. The van der Waals surface area contributed by atoms with E-state index in [4.69, 9.17) is 9.72 Å². The summed E-state index contributed by atoms with van der Waals surface area (Å²) in [6.45, 7) is 2.86. The molecule has 1 aliphatic rings. The Morgan fingerprint density at radius 1 is 1.12 bits per heavy atom. The number of imidazole rings is 1. The van der Waals surface area contributed by atoms with Crippen molar-refractivity contribution in [3.63, 3.8) is 0 Å². The second-order valence-electron chi connectivity index (χ2n) is 7.24. The molecular weight excluding hydrogens is 324 g/mol. The van der Waals surface area contributed by atoms with E-state index in [-0.39, 0.29) is 6.10 Å². The van der Waals surface area contributed by atoms with Crippen LogP contribution in [-0.2, 0) is 11.3 Å². The van der Waals surface area contributed by atoms with E-state index < -0.39 is 6.10 Å². The van der Waals surface area contributed by atoms with Crippen LogP contribution >= 0.6 is 0 Å². The van der Waals surface area contributed by atoms with Crippen LogP contribution in [0.5, 0.6) is 0 Å². The van der Waals surface area contributed by atoms with Crippen molar-refractivity contribution in [2.24, 2.45) is 0 Å². The van der Waals surface area contributed by atoms with Crippen LogP contribution in [0.3, 0.4) is 0 Å². The number of hydrogen-bond donors (Lipinski definition) is 1. The maximum Gasteiger partial charge on any atom is 0.113 e. The van der Waals surface area contributed by atoms with Gasteiger partial charge in [-0.2, -0.15) is 0 Å². The van der Waals surface area contributed by atoms with E-state index >= 15 is 0 Å². The minimum absolute atomic E-state index is 0.0310. The fourth-order valence-corrected chi connectivity index (χ4v) is 3.60. The number of benzene rings is 2. The summed E-state index contributed by atoms with van der Waals surface area (Å²) >= 11 is 0. The topological polar surface area (TPSA) is 47.3 Å². The van der Waals surface area contributed by atoms with Gasteiger partial charge in [-0.05, 0) is 37.5 Å². The molecule has 4 rings (SSSR count). The lowest BCUT2D eigenvalue weighted by molar-refractivity contribution is -0.00878. The average molecular weight is 350 g/mol. The zero-order chi connectivity index (χ0) is 17.9. The summed E-state index contributed by atoms with van der Waals surface area (Å²) in [6.07, 6.45) is 3.07. The molecule has 1 heterocycles. The van der Waals surface area contributed by atoms with Crippen LogP contribution in [0.25, 0.3) is 11.0 Å². The number of aliphatic hydroxyl groups is 1. The van der Waals surface area contributed by atoms with E-state index in [1.807, 2.05) is 43.3 Å². The van der Waals surface area contributed by atoms with Crippen LogP contribution < -0.4 is 0 Å². The van der Waals surface area contributed by atoms with Gasteiger partial charge in [0.2, 0.25) is 0 Å². The maximum atomic E-state index is 10.6. The van der Waals surface area contributed by atoms with E-state index in [0.717, 1.165) is 22.4 Å². The molecule has 1 fully saturated rings. The Morgan fingerprint density at radius 2 is 1.85 bits per heavy atom. The first-order chi connectivity index (χ1) is 12.7. The molecule has 0 spiro atoms. The summed E-state index contributed by atoms with van der Waals surface area (Å²) in [6, 6.07) is 18.3. The molecule has 2 unspecified atom stereocenters. The standard InChI is InChI=1S/C22H26N2O2/c1-16(17-8-3-2-4-9-17)26-15-19(25)14-24-21-13-6-5-12-20(21)23-22(24)18-10-7-11-18/h2-6,8-9,12-13,16,18-19,25H,7,10-11,14-15H2,1H3. The molecule has 2 atom stereocenters. The van der Waals surface area contributed by atoms with Crippen LogP contribution in [0.4, 0.5) is 0 Å². The van der Waals surface area contributed by atoms with E-state index in [9.17, 15) is 5.11 Å². The first-order valence-corrected chi connectivity index (χ1v) is 9.52. The summed E-state index contributed by atoms with van der Waals surface area (Å²) in [5.41, 5.74) is 3.24. The minimum atomic E-state index is -0.558. The fourth-order valence-electron chi connectivity index (χ4n) is 3.60. The summed E-state index contributed by atoms with van der Waals surface area (Å²) < 4.78 is 8.10. The average Bonchev–Trinajstić information content (AvgIpc) is 2.97. The second-order valence-corrected chi connectivity index (χ2v) is 7.24. The van der Waals surface area contributed by atoms with Gasteiger partial charge in [-0.1, -0.05) is 48.9 Å². The third-order valence-corrected chi connectivity index (χ3v) is 5.36. The van der Waals surface area contributed by atoms with E-state index in [0.29, 0.717) is 19.1 Å². The van der Waals surface area contributed by atoms with Crippen LogP contribution in [0.1, 0.15) is 49.6 Å². The van der Waals surface area contributed by atoms with Crippen LogP contribution in [-0.4, -0.2) is 27.4 Å². The molecule has 0 bridgehead atoms. The lowest BCUT2D eigenvalue weighted by Gasteiger charge is -2.26. The van der Waals surface area contributed by atoms with E-state index in [1.54, 1.807) is 0 Å². The van der Waals surface area contributed by atoms with Gasteiger partial charge in [0, 0.05) is 5.92 Å². The predicted octanol–water partition coefficient (Wildman–Crippen LogP) is 4.44. The first kappa shape index (κ1) is 17.3. The van der Waals surface area contributed by atoms with Crippen molar-refractivity contribution in [1.29, 1.82) is 0 Å². The molecular formula is C22H26N2O2. The Hall–Kier alpha value is -2.17. The number of aliphatic hydroxyl groups excluding tert-OH is 1. The fraction of sp³-hybridized carbons (Fsp3) is 0.409. The van der Waals surface area contributed by atoms with Gasteiger partial charge in [-0.3, -0.25) is 0 Å². The van der Waals surface area contributed by atoms with Gasteiger partial charge in [-0.25, -0.2) is 4.98 Å². The molecule has 2 aromatic carbocycles.